The smallest absolute Gasteiger partial charge is 0.291 e. The van der Waals surface area contributed by atoms with Gasteiger partial charge in [0.1, 0.15) is 5.58 Å². The van der Waals surface area contributed by atoms with E-state index in [0.717, 1.165) is 10.9 Å². The van der Waals surface area contributed by atoms with E-state index in [0.29, 0.717) is 16.8 Å². The first-order chi connectivity index (χ1) is 15.1. The van der Waals surface area contributed by atoms with Crippen molar-refractivity contribution in [2.75, 3.05) is 5.32 Å². The normalized spacial score (nSPS) is 10.5. The minimum absolute atomic E-state index is 0.0763. The quantitative estimate of drug-likeness (QED) is 0.435. The fraction of sp³-hybridized carbons (Fsp3) is 0.0417. The number of hydrazine groups is 1. The molecule has 0 aliphatic carbocycles. The maximum atomic E-state index is 12.4. The second kappa shape index (κ2) is 8.96. The third-order valence-electron chi connectivity index (χ3n) is 4.58. The van der Waals surface area contributed by atoms with Crippen LogP contribution in [-0.4, -0.2) is 17.7 Å². The highest BCUT2D eigenvalue weighted by molar-refractivity contribution is 6.04. The zero-order chi connectivity index (χ0) is 21.6. The van der Waals surface area contributed by atoms with Crippen LogP contribution in [-0.2, 0) is 11.2 Å². The van der Waals surface area contributed by atoms with Gasteiger partial charge in [0.2, 0.25) is 5.91 Å². The Morgan fingerprint density at radius 2 is 1.45 bits per heavy atom. The van der Waals surface area contributed by atoms with Crippen LogP contribution >= 0.6 is 0 Å². The topological polar surface area (TPSA) is 100 Å². The second-order valence-electron chi connectivity index (χ2n) is 6.84. The molecule has 0 fully saturated rings. The number of benzene rings is 3. The van der Waals surface area contributed by atoms with Crippen LogP contribution in [0.25, 0.3) is 11.0 Å². The molecule has 7 heteroatoms. The van der Waals surface area contributed by atoms with Crippen LogP contribution in [0.4, 0.5) is 5.69 Å². The van der Waals surface area contributed by atoms with Gasteiger partial charge in [-0.05, 0) is 42.0 Å². The number of anilines is 1. The molecule has 3 aromatic carbocycles. The van der Waals surface area contributed by atoms with Gasteiger partial charge in [-0.25, -0.2) is 0 Å². The van der Waals surface area contributed by atoms with Gasteiger partial charge < -0.3 is 9.73 Å². The molecule has 1 heterocycles. The van der Waals surface area contributed by atoms with E-state index in [2.05, 4.69) is 16.2 Å². The summed E-state index contributed by atoms with van der Waals surface area (Å²) in [5.74, 6) is -0.884. The number of carbonyl (C=O) groups excluding carboxylic acids is 3. The van der Waals surface area contributed by atoms with E-state index in [1.54, 1.807) is 66.7 Å². The summed E-state index contributed by atoms with van der Waals surface area (Å²) in [4.78, 5) is 36.4. The first-order valence-electron chi connectivity index (χ1n) is 9.61. The number of para-hydroxylation sites is 1. The summed E-state index contributed by atoms with van der Waals surface area (Å²) in [6.07, 6.45) is 0.0763. The number of hydrogen-bond acceptors (Lipinski definition) is 4. The molecule has 0 unspecified atom stereocenters. The van der Waals surface area contributed by atoms with Crippen molar-refractivity contribution in [1.82, 2.24) is 10.9 Å². The lowest BCUT2D eigenvalue weighted by Gasteiger charge is -2.08. The average molecular weight is 413 g/mol. The molecule has 0 aliphatic heterocycles. The molecule has 4 rings (SSSR count). The molecular formula is C24H19N3O4. The fourth-order valence-electron chi connectivity index (χ4n) is 3.01. The lowest BCUT2D eigenvalue weighted by atomic mass is 10.1. The Morgan fingerprint density at radius 1 is 0.742 bits per heavy atom. The SMILES string of the molecule is O=C(Cc1ccc(NC(=O)c2cc3ccccc3o2)cc1)NNC(=O)c1ccccc1. The summed E-state index contributed by atoms with van der Waals surface area (Å²) in [6, 6.07) is 24.5. The van der Waals surface area contributed by atoms with E-state index in [4.69, 9.17) is 4.42 Å². The van der Waals surface area contributed by atoms with E-state index < -0.39 is 5.91 Å². The summed E-state index contributed by atoms with van der Waals surface area (Å²) >= 11 is 0. The third kappa shape index (κ3) is 4.97. The Bertz CT molecular complexity index is 1200. The zero-order valence-electron chi connectivity index (χ0n) is 16.4. The first-order valence-corrected chi connectivity index (χ1v) is 9.61. The van der Waals surface area contributed by atoms with Gasteiger partial charge in [0.15, 0.2) is 5.76 Å². The summed E-state index contributed by atoms with van der Waals surface area (Å²) in [5.41, 5.74) is 7.17. The largest absolute Gasteiger partial charge is 0.451 e. The zero-order valence-corrected chi connectivity index (χ0v) is 16.4. The lowest BCUT2D eigenvalue weighted by molar-refractivity contribution is -0.121. The number of rotatable bonds is 5. The van der Waals surface area contributed by atoms with Gasteiger partial charge in [-0.3, -0.25) is 25.2 Å². The van der Waals surface area contributed by atoms with Gasteiger partial charge in [0.25, 0.3) is 11.8 Å². The van der Waals surface area contributed by atoms with Gasteiger partial charge in [0.05, 0.1) is 6.42 Å². The number of fused-ring (bicyclic) bond motifs is 1. The second-order valence-corrected chi connectivity index (χ2v) is 6.84. The van der Waals surface area contributed by atoms with Gasteiger partial charge in [0, 0.05) is 16.6 Å². The van der Waals surface area contributed by atoms with E-state index in [1.807, 2.05) is 18.2 Å². The van der Waals surface area contributed by atoms with Crippen LogP contribution in [0.3, 0.4) is 0 Å². The molecule has 7 nitrogen and oxygen atoms in total. The Kier molecular flexibility index (Phi) is 5.75. The summed E-state index contributed by atoms with van der Waals surface area (Å²) in [6.45, 7) is 0. The fourth-order valence-corrected chi connectivity index (χ4v) is 3.01. The minimum Gasteiger partial charge on any atom is -0.451 e. The van der Waals surface area contributed by atoms with E-state index in [-0.39, 0.29) is 24.0 Å². The van der Waals surface area contributed by atoms with E-state index in [1.165, 1.54) is 0 Å². The number of nitrogens with one attached hydrogen (secondary N) is 3. The molecule has 0 bridgehead atoms. The molecule has 4 aromatic rings. The van der Waals surface area contributed by atoms with Crippen molar-refractivity contribution in [2.24, 2.45) is 0 Å². The summed E-state index contributed by atoms with van der Waals surface area (Å²) < 4.78 is 5.56. The van der Waals surface area contributed by atoms with Crippen molar-refractivity contribution in [1.29, 1.82) is 0 Å². The molecule has 0 aliphatic rings. The number of hydrogen-bond donors (Lipinski definition) is 3. The Balaban J connectivity index is 1.30. The lowest BCUT2D eigenvalue weighted by Crippen LogP contribution is -2.42. The molecule has 31 heavy (non-hydrogen) atoms. The van der Waals surface area contributed by atoms with Crippen molar-refractivity contribution in [3.05, 3.63) is 102 Å². The van der Waals surface area contributed by atoms with Gasteiger partial charge in [-0.2, -0.15) is 0 Å². The molecule has 154 valence electrons. The Hall–Kier alpha value is -4.39. The van der Waals surface area contributed by atoms with Crippen molar-refractivity contribution in [3.63, 3.8) is 0 Å². The van der Waals surface area contributed by atoms with Crippen LogP contribution in [0, 0.1) is 0 Å². The predicted octanol–water partition coefficient (Wildman–Crippen LogP) is 3.69. The van der Waals surface area contributed by atoms with Crippen LogP contribution < -0.4 is 16.2 Å². The van der Waals surface area contributed by atoms with Gasteiger partial charge >= 0.3 is 0 Å². The first kappa shape index (κ1) is 19.9. The van der Waals surface area contributed by atoms with Crippen LogP contribution in [0.5, 0.6) is 0 Å². The van der Waals surface area contributed by atoms with E-state index >= 15 is 0 Å². The maximum absolute atomic E-state index is 12.4. The molecule has 3 amide bonds. The van der Waals surface area contributed by atoms with Crippen molar-refractivity contribution < 1.29 is 18.8 Å². The number of amides is 3. The minimum atomic E-state index is -0.391. The summed E-state index contributed by atoms with van der Waals surface area (Å²) in [7, 11) is 0. The van der Waals surface area contributed by atoms with Gasteiger partial charge in [-0.1, -0.05) is 48.5 Å². The third-order valence-corrected chi connectivity index (χ3v) is 4.58. The van der Waals surface area contributed by atoms with E-state index in [9.17, 15) is 14.4 Å². The number of furan rings is 1. The van der Waals surface area contributed by atoms with Crippen molar-refractivity contribution in [3.8, 4) is 0 Å². The molecule has 0 radical (unpaired) electrons. The van der Waals surface area contributed by atoms with Crippen molar-refractivity contribution in [2.45, 2.75) is 6.42 Å². The Morgan fingerprint density at radius 3 is 2.19 bits per heavy atom. The predicted molar refractivity (Wildman–Crippen MR) is 116 cm³/mol. The molecule has 0 saturated carbocycles. The Labute approximate surface area is 178 Å². The monoisotopic (exact) mass is 413 g/mol. The van der Waals surface area contributed by atoms with Crippen LogP contribution in [0.15, 0.2) is 89.3 Å². The maximum Gasteiger partial charge on any atom is 0.291 e. The molecular weight excluding hydrogens is 394 g/mol. The highest BCUT2D eigenvalue weighted by Crippen LogP contribution is 2.20. The molecule has 1 aromatic heterocycles. The van der Waals surface area contributed by atoms with Crippen molar-refractivity contribution >= 4 is 34.4 Å². The number of carbonyl (C=O) groups is 3. The highest BCUT2D eigenvalue weighted by Gasteiger charge is 2.13. The van der Waals surface area contributed by atoms with Crippen LogP contribution in [0.1, 0.15) is 26.5 Å². The standard InChI is InChI=1S/C24H19N3O4/c28-22(26-27-23(29)17-6-2-1-3-7-17)14-16-10-12-19(13-11-16)25-24(30)21-15-18-8-4-5-9-20(18)31-21/h1-13,15H,14H2,(H,25,30)(H,26,28)(H,27,29). The molecule has 0 spiro atoms. The summed E-state index contributed by atoms with van der Waals surface area (Å²) in [5, 5.41) is 3.62. The average Bonchev–Trinajstić information content (AvgIpc) is 3.24. The van der Waals surface area contributed by atoms with Gasteiger partial charge in [-0.15, -0.1) is 0 Å². The van der Waals surface area contributed by atoms with Crippen LogP contribution in [0.2, 0.25) is 0 Å². The highest BCUT2D eigenvalue weighted by atomic mass is 16.3. The molecule has 0 saturated heterocycles. The molecule has 3 N–H and O–H groups in total. The molecule has 0 atom stereocenters.